The molecule has 0 spiro atoms. The van der Waals surface area contributed by atoms with Gasteiger partial charge in [0.25, 0.3) is 23.2 Å². The first-order valence-electron chi connectivity index (χ1n) is 13.0. The third-order valence-corrected chi connectivity index (χ3v) is 7.37. The zero-order valence-electron chi connectivity index (χ0n) is 21.7. The molecule has 2 fully saturated rings. The van der Waals surface area contributed by atoms with Gasteiger partial charge in [-0.3, -0.25) is 29.8 Å². The van der Waals surface area contributed by atoms with E-state index in [2.05, 4.69) is 9.80 Å². The monoisotopic (exact) mass is 544 g/mol. The average molecular weight is 545 g/mol. The summed E-state index contributed by atoms with van der Waals surface area (Å²) >= 11 is 0. The average Bonchev–Trinajstić information content (AvgIpc) is 3.00. The van der Waals surface area contributed by atoms with Gasteiger partial charge in [-0.25, -0.2) is 0 Å². The Labute approximate surface area is 230 Å². The first kappa shape index (κ1) is 26.6. The van der Waals surface area contributed by atoms with Crippen molar-refractivity contribution in [1.29, 1.82) is 0 Å². The summed E-state index contributed by atoms with van der Waals surface area (Å²) < 4.78 is 0. The number of amides is 2. The molecule has 0 N–H and O–H groups in total. The Balaban J connectivity index is 1.20. The van der Waals surface area contributed by atoms with Gasteiger partial charge in [0.15, 0.2) is 0 Å². The molecule has 0 atom stereocenters. The van der Waals surface area contributed by atoms with Crippen molar-refractivity contribution < 1.29 is 19.4 Å². The highest BCUT2D eigenvalue weighted by atomic mass is 16.6. The third kappa shape index (κ3) is 5.55. The second kappa shape index (κ2) is 11.4. The predicted octanol–water partition coefficient (Wildman–Crippen LogP) is 3.43. The Kier molecular flexibility index (Phi) is 7.58. The van der Waals surface area contributed by atoms with Crippen LogP contribution < -0.4 is 9.80 Å². The van der Waals surface area contributed by atoms with Gasteiger partial charge in [-0.1, -0.05) is 12.1 Å². The molecule has 5 rings (SSSR count). The van der Waals surface area contributed by atoms with Crippen molar-refractivity contribution in [3.63, 3.8) is 0 Å². The van der Waals surface area contributed by atoms with Crippen LogP contribution in [0.4, 0.5) is 22.7 Å². The lowest BCUT2D eigenvalue weighted by molar-refractivity contribution is -0.385. The molecule has 206 valence electrons. The van der Waals surface area contributed by atoms with Gasteiger partial charge in [-0.2, -0.15) is 0 Å². The van der Waals surface area contributed by atoms with Gasteiger partial charge in [0.1, 0.15) is 0 Å². The van der Waals surface area contributed by atoms with Crippen LogP contribution in [0.5, 0.6) is 0 Å². The topological polar surface area (TPSA) is 133 Å². The van der Waals surface area contributed by atoms with Crippen LogP contribution in [0, 0.1) is 20.2 Å². The second-order valence-electron chi connectivity index (χ2n) is 9.65. The van der Waals surface area contributed by atoms with Gasteiger partial charge in [0, 0.05) is 88.0 Å². The molecule has 0 unspecified atom stereocenters. The number of carbonyl (C=O) groups excluding carboxylic acids is 2. The largest absolute Gasteiger partial charge is 0.368 e. The van der Waals surface area contributed by atoms with Crippen LogP contribution in [0.1, 0.15) is 20.7 Å². The first-order chi connectivity index (χ1) is 19.3. The number of hydrogen-bond donors (Lipinski definition) is 0. The first-order valence-corrected chi connectivity index (χ1v) is 13.0. The van der Waals surface area contributed by atoms with Crippen molar-refractivity contribution in [2.24, 2.45) is 0 Å². The van der Waals surface area contributed by atoms with Crippen LogP contribution in [0.15, 0.2) is 72.8 Å². The van der Waals surface area contributed by atoms with E-state index in [1.165, 1.54) is 24.3 Å². The molecule has 2 saturated heterocycles. The molecule has 2 heterocycles. The highest BCUT2D eigenvalue weighted by Gasteiger charge is 2.29. The molecular weight excluding hydrogens is 516 g/mol. The van der Waals surface area contributed by atoms with Crippen LogP contribution in [-0.2, 0) is 0 Å². The fourth-order valence-corrected chi connectivity index (χ4v) is 5.10. The van der Waals surface area contributed by atoms with Gasteiger partial charge < -0.3 is 19.6 Å². The van der Waals surface area contributed by atoms with Crippen molar-refractivity contribution in [1.82, 2.24) is 9.80 Å². The summed E-state index contributed by atoms with van der Waals surface area (Å²) in [6.45, 7) is 4.15. The maximum absolute atomic E-state index is 13.5. The second-order valence-corrected chi connectivity index (χ2v) is 9.65. The molecular formula is C28H28N6O6. The lowest BCUT2D eigenvalue weighted by atomic mass is 10.0. The van der Waals surface area contributed by atoms with Gasteiger partial charge in [0.05, 0.1) is 21.0 Å². The van der Waals surface area contributed by atoms with Gasteiger partial charge in [-0.05, 0) is 36.4 Å². The van der Waals surface area contributed by atoms with Gasteiger partial charge >= 0.3 is 0 Å². The number of anilines is 2. The summed E-state index contributed by atoms with van der Waals surface area (Å²) in [5.41, 5.74) is 2.53. The zero-order chi connectivity index (χ0) is 28.2. The molecule has 40 heavy (non-hydrogen) atoms. The molecule has 0 saturated carbocycles. The summed E-state index contributed by atoms with van der Waals surface area (Å²) in [4.78, 5) is 55.6. The summed E-state index contributed by atoms with van der Waals surface area (Å²) in [6.07, 6.45) is 0. The maximum atomic E-state index is 13.5. The van der Waals surface area contributed by atoms with Crippen LogP contribution in [0.2, 0.25) is 0 Å². The summed E-state index contributed by atoms with van der Waals surface area (Å²) in [5, 5.41) is 21.8. The van der Waals surface area contributed by atoms with E-state index in [4.69, 9.17) is 0 Å². The number of hydrogen-bond acceptors (Lipinski definition) is 8. The number of benzene rings is 3. The van der Waals surface area contributed by atoms with Crippen molar-refractivity contribution in [2.45, 2.75) is 0 Å². The maximum Gasteiger partial charge on any atom is 0.269 e. The lowest BCUT2D eigenvalue weighted by Crippen LogP contribution is -2.50. The number of nitro benzene ring substituents is 2. The predicted molar refractivity (Wildman–Crippen MR) is 149 cm³/mol. The van der Waals surface area contributed by atoms with E-state index in [0.29, 0.717) is 63.5 Å². The molecule has 2 aliphatic heterocycles. The molecule has 2 amide bonds. The Hall–Kier alpha value is -5.00. The van der Waals surface area contributed by atoms with Crippen molar-refractivity contribution >= 4 is 34.6 Å². The number of non-ortho nitro benzene ring substituents is 2. The van der Waals surface area contributed by atoms with Crippen LogP contribution >= 0.6 is 0 Å². The third-order valence-electron chi connectivity index (χ3n) is 7.37. The van der Waals surface area contributed by atoms with E-state index >= 15 is 0 Å². The molecule has 0 radical (unpaired) electrons. The van der Waals surface area contributed by atoms with Crippen molar-refractivity contribution in [2.75, 3.05) is 62.2 Å². The standard InChI is InChI=1S/C28H28N6O6/c35-27(31-17-13-29(14-18-31)21-5-9-23(10-6-21)33(37)38)25-3-1-2-4-26(25)28(36)32-19-15-30(16-20-32)22-7-11-24(12-8-22)34(39)40/h1-12H,13-20H2. The summed E-state index contributed by atoms with van der Waals surface area (Å²) in [7, 11) is 0. The van der Waals surface area contributed by atoms with Crippen LogP contribution in [0.3, 0.4) is 0 Å². The summed E-state index contributed by atoms with van der Waals surface area (Å²) in [6, 6.07) is 19.6. The molecule has 2 aliphatic rings. The Morgan fingerprint density at radius 1 is 0.525 bits per heavy atom. The number of rotatable bonds is 6. The van der Waals surface area contributed by atoms with Crippen LogP contribution in [0.25, 0.3) is 0 Å². The Bertz CT molecular complexity index is 1300. The molecule has 0 aliphatic carbocycles. The quantitative estimate of drug-likeness (QED) is 0.340. The minimum atomic E-state index is -0.433. The molecule has 12 nitrogen and oxygen atoms in total. The normalized spacial score (nSPS) is 15.6. The van der Waals surface area contributed by atoms with E-state index in [9.17, 15) is 29.8 Å². The zero-order valence-corrected chi connectivity index (χ0v) is 21.7. The molecule has 3 aromatic rings. The smallest absolute Gasteiger partial charge is 0.269 e. The van der Waals surface area contributed by atoms with Crippen molar-refractivity contribution in [3.8, 4) is 0 Å². The number of piperazine rings is 2. The van der Waals surface area contributed by atoms with Gasteiger partial charge in [0.2, 0.25) is 0 Å². The van der Waals surface area contributed by atoms with E-state index in [1.807, 2.05) is 0 Å². The van der Waals surface area contributed by atoms with E-state index in [0.717, 1.165) is 11.4 Å². The minimum Gasteiger partial charge on any atom is -0.368 e. The highest BCUT2D eigenvalue weighted by molar-refractivity contribution is 6.07. The fraction of sp³-hybridized carbons (Fsp3) is 0.286. The van der Waals surface area contributed by atoms with Gasteiger partial charge in [-0.15, -0.1) is 0 Å². The Morgan fingerprint density at radius 2 is 0.850 bits per heavy atom. The Morgan fingerprint density at radius 3 is 1.15 bits per heavy atom. The molecule has 0 aromatic heterocycles. The number of nitrogens with zero attached hydrogens (tertiary/aromatic N) is 6. The van der Waals surface area contributed by atoms with E-state index in [1.54, 1.807) is 58.3 Å². The highest BCUT2D eigenvalue weighted by Crippen LogP contribution is 2.24. The van der Waals surface area contributed by atoms with E-state index < -0.39 is 9.85 Å². The lowest BCUT2D eigenvalue weighted by Gasteiger charge is -2.37. The molecule has 0 bridgehead atoms. The number of nitro groups is 2. The van der Waals surface area contributed by atoms with Crippen LogP contribution in [-0.4, -0.2) is 83.8 Å². The van der Waals surface area contributed by atoms with Crippen molar-refractivity contribution in [3.05, 3.63) is 104 Å². The van der Waals surface area contributed by atoms with E-state index in [-0.39, 0.29) is 23.2 Å². The fourth-order valence-electron chi connectivity index (χ4n) is 5.10. The number of carbonyl (C=O) groups is 2. The summed E-state index contributed by atoms with van der Waals surface area (Å²) in [5.74, 6) is -0.395. The molecule has 3 aromatic carbocycles. The SMILES string of the molecule is O=C(c1ccccc1C(=O)N1CCN(c2ccc([N+](=O)[O-])cc2)CC1)N1CCN(c2ccc([N+](=O)[O-])cc2)CC1. The molecule has 12 heteroatoms. The minimum absolute atomic E-state index is 0.0339.